The van der Waals surface area contributed by atoms with Crippen LogP contribution in [0.3, 0.4) is 0 Å². The topological polar surface area (TPSA) is 85.1 Å². The van der Waals surface area contributed by atoms with Crippen molar-refractivity contribution < 1.29 is 9.59 Å². The summed E-state index contributed by atoms with van der Waals surface area (Å²) in [6.07, 6.45) is 0.997. The van der Waals surface area contributed by atoms with Gasteiger partial charge in [0.2, 0.25) is 11.8 Å². The van der Waals surface area contributed by atoms with Gasteiger partial charge < -0.3 is 10.6 Å². The first-order chi connectivity index (χ1) is 16.5. The van der Waals surface area contributed by atoms with E-state index in [0.29, 0.717) is 24.2 Å². The number of nitrogens with one attached hydrogen (secondary N) is 2. The van der Waals surface area contributed by atoms with Crippen molar-refractivity contribution in [1.29, 1.82) is 0 Å². The number of benzene rings is 2. The summed E-state index contributed by atoms with van der Waals surface area (Å²) in [5.41, 5.74) is 2.02. The summed E-state index contributed by atoms with van der Waals surface area (Å²) >= 11 is 1.41. The van der Waals surface area contributed by atoms with Gasteiger partial charge in [-0.05, 0) is 49.1 Å². The number of hydrogen-bond donors (Lipinski definition) is 2. The molecule has 3 rings (SSSR count). The van der Waals surface area contributed by atoms with Crippen molar-refractivity contribution in [3.8, 4) is 5.69 Å². The molecule has 1 heterocycles. The van der Waals surface area contributed by atoms with Crippen LogP contribution in [0.15, 0.2) is 64.3 Å². The Morgan fingerprint density at radius 2 is 1.71 bits per heavy atom. The van der Waals surface area contributed by atoms with Gasteiger partial charge in [0.1, 0.15) is 5.69 Å². The van der Waals surface area contributed by atoms with E-state index in [4.69, 9.17) is 0 Å². The number of amides is 2. The highest BCUT2D eigenvalue weighted by molar-refractivity contribution is 8.00. The van der Waals surface area contributed by atoms with Crippen molar-refractivity contribution >= 4 is 35.0 Å². The normalized spacial score (nSPS) is 12.3. The van der Waals surface area contributed by atoms with Gasteiger partial charge in [-0.25, -0.2) is 4.68 Å². The molecule has 186 valence electrons. The molecular weight excluding hydrogens is 460 g/mol. The number of hydrogen-bond acceptors (Lipinski definition) is 4. The van der Waals surface area contributed by atoms with Crippen molar-refractivity contribution in [1.82, 2.24) is 9.36 Å². The molecule has 1 aromatic heterocycles. The highest BCUT2D eigenvalue weighted by Gasteiger charge is 2.23. The van der Waals surface area contributed by atoms with E-state index in [1.807, 2.05) is 89.2 Å². The number of nitrogens with zero attached hydrogens (tertiary/aromatic N) is 2. The maximum atomic E-state index is 13.2. The summed E-state index contributed by atoms with van der Waals surface area (Å²) in [7, 11) is 1.80. The molecular formula is C27H34N4O3S. The predicted octanol–water partition coefficient (Wildman–Crippen LogP) is 5.37. The number of rotatable bonds is 8. The summed E-state index contributed by atoms with van der Waals surface area (Å²) in [5.74, 6) is -0.274. The minimum atomic E-state index is -0.403. The van der Waals surface area contributed by atoms with Crippen LogP contribution in [0.25, 0.3) is 5.69 Å². The van der Waals surface area contributed by atoms with E-state index in [2.05, 4.69) is 10.6 Å². The first-order valence-corrected chi connectivity index (χ1v) is 12.6. The van der Waals surface area contributed by atoms with E-state index in [9.17, 15) is 14.4 Å². The van der Waals surface area contributed by atoms with Crippen LogP contribution in [0.1, 0.15) is 46.2 Å². The Hall–Kier alpha value is -3.26. The zero-order valence-corrected chi connectivity index (χ0v) is 22.0. The molecule has 35 heavy (non-hydrogen) atoms. The van der Waals surface area contributed by atoms with E-state index < -0.39 is 5.25 Å². The fourth-order valence-electron chi connectivity index (χ4n) is 3.74. The number of anilines is 2. The summed E-state index contributed by atoms with van der Waals surface area (Å²) in [4.78, 5) is 39.5. The highest BCUT2D eigenvalue weighted by Crippen LogP contribution is 2.29. The Kier molecular flexibility index (Phi) is 8.27. The van der Waals surface area contributed by atoms with Gasteiger partial charge in [0, 0.05) is 24.1 Å². The van der Waals surface area contributed by atoms with Crippen LogP contribution in [-0.4, -0.2) is 26.4 Å². The summed E-state index contributed by atoms with van der Waals surface area (Å²) < 4.78 is 3.29. The molecule has 8 heteroatoms. The quantitative estimate of drug-likeness (QED) is 0.413. The largest absolute Gasteiger partial charge is 0.326 e. The first kappa shape index (κ1) is 26.3. The van der Waals surface area contributed by atoms with Gasteiger partial charge >= 0.3 is 0 Å². The number of para-hydroxylation sites is 1. The second-order valence-electron chi connectivity index (χ2n) is 9.75. The van der Waals surface area contributed by atoms with Gasteiger partial charge in [0.25, 0.3) is 5.56 Å². The minimum absolute atomic E-state index is 0.0429. The molecule has 2 aromatic carbocycles. The van der Waals surface area contributed by atoms with Crippen molar-refractivity contribution in [3.63, 3.8) is 0 Å². The smallest absolute Gasteiger partial charge is 0.295 e. The lowest BCUT2D eigenvalue weighted by atomic mass is 9.92. The molecule has 1 atom stereocenters. The lowest BCUT2D eigenvalue weighted by Gasteiger charge is -2.18. The molecule has 0 saturated carbocycles. The fourth-order valence-corrected chi connectivity index (χ4v) is 4.75. The average molecular weight is 495 g/mol. The third-order valence-electron chi connectivity index (χ3n) is 5.55. The van der Waals surface area contributed by atoms with E-state index >= 15 is 0 Å². The highest BCUT2D eigenvalue weighted by atomic mass is 32.2. The molecule has 3 aromatic rings. The van der Waals surface area contributed by atoms with Gasteiger partial charge in [0.05, 0.1) is 16.6 Å². The minimum Gasteiger partial charge on any atom is -0.326 e. The Morgan fingerprint density at radius 3 is 2.34 bits per heavy atom. The van der Waals surface area contributed by atoms with E-state index in [-0.39, 0.29) is 28.5 Å². The molecule has 0 fully saturated rings. The maximum Gasteiger partial charge on any atom is 0.295 e. The third-order valence-corrected chi connectivity index (χ3v) is 6.91. The van der Waals surface area contributed by atoms with Crippen molar-refractivity contribution in [2.75, 3.05) is 10.6 Å². The summed E-state index contributed by atoms with van der Waals surface area (Å²) in [6.45, 7) is 9.81. The van der Waals surface area contributed by atoms with Gasteiger partial charge in [-0.3, -0.25) is 19.1 Å². The van der Waals surface area contributed by atoms with Crippen LogP contribution in [0.2, 0.25) is 0 Å². The molecule has 1 unspecified atom stereocenters. The third kappa shape index (κ3) is 6.66. The first-order valence-electron chi connectivity index (χ1n) is 11.7. The number of carbonyl (C=O) groups is 2. The molecule has 2 amide bonds. The predicted molar refractivity (Wildman–Crippen MR) is 143 cm³/mol. The number of thioether (sulfide) groups is 1. The zero-order chi connectivity index (χ0) is 25.8. The lowest BCUT2D eigenvalue weighted by Crippen LogP contribution is -2.28. The van der Waals surface area contributed by atoms with Crippen LogP contribution in [0, 0.1) is 12.3 Å². The van der Waals surface area contributed by atoms with Crippen molar-refractivity contribution in [2.45, 2.75) is 57.6 Å². The van der Waals surface area contributed by atoms with Crippen LogP contribution in [0.4, 0.5) is 11.4 Å². The van der Waals surface area contributed by atoms with E-state index in [0.717, 1.165) is 10.6 Å². The fraction of sp³-hybridized carbons (Fsp3) is 0.370. The Morgan fingerprint density at radius 1 is 1.03 bits per heavy atom. The van der Waals surface area contributed by atoms with Crippen LogP contribution in [0.5, 0.6) is 0 Å². The van der Waals surface area contributed by atoms with Crippen molar-refractivity contribution in [3.05, 3.63) is 70.6 Å². The molecule has 7 nitrogen and oxygen atoms in total. The summed E-state index contributed by atoms with van der Waals surface area (Å²) in [5, 5.41) is 5.41. The molecule has 0 bridgehead atoms. The van der Waals surface area contributed by atoms with E-state index in [1.165, 1.54) is 11.8 Å². The maximum absolute atomic E-state index is 13.2. The lowest BCUT2D eigenvalue weighted by molar-refractivity contribution is -0.118. The van der Waals surface area contributed by atoms with Crippen molar-refractivity contribution in [2.24, 2.45) is 12.5 Å². The molecule has 0 aliphatic heterocycles. The second kappa shape index (κ2) is 11.0. The Balaban J connectivity index is 1.75. The van der Waals surface area contributed by atoms with E-state index in [1.54, 1.807) is 16.4 Å². The van der Waals surface area contributed by atoms with Gasteiger partial charge in [-0.1, -0.05) is 52.0 Å². The molecule has 2 N–H and O–H groups in total. The van der Waals surface area contributed by atoms with Crippen LogP contribution in [-0.2, 0) is 16.6 Å². The standard InChI is InChI=1S/C27H34N4O3S/c1-7-22(35-21-15-11-12-19(16-21)28-23(32)17-27(3,4)5)25(33)29-24-18(2)30(6)31(26(24)34)20-13-9-8-10-14-20/h8-16,22H,7,17H2,1-6H3,(H,28,32)(H,29,33). The monoisotopic (exact) mass is 494 g/mol. The molecule has 0 aliphatic carbocycles. The Bertz CT molecular complexity index is 1260. The molecule has 0 aliphatic rings. The Labute approximate surface area is 210 Å². The second-order valence-corrected chi connectivity index (χ2v) is 11.0. The van der Waals surface area contributed by atoms with Gasteiger partial charge in [-0.15, -0.1) is 11.8 Å². The van der Waals surface area contributed by atoms with Gasteiger partial charge in [0.15, 0.2) is 0 Å². The van der Waals surface area contributed by atoms with Crippen LogP contribution >= 0.6 is 11.8 Å². The number of aromatic nitrogens is 2. The van der Waals surface area contributed by atoms with Crippen LogP contribution < -0.4 is 16.2 Å². The SMILES string of the molecule is CCC(Sc1cccc(NC(=O)CC(C)(C)C)c1)C(=O)Nc1c(C)n(C)n(-c2ccccc2)c1=O. The summed E-state index contributed by atoms with van der Waals surface area (Å²) in [6, 6.07) is 16.8. The molecule has 0 spiro atoms. The molecule has 0 saturated heterocycles. The number of carbonyl (C=O) groups excluding carboxylic acids is 2. The average Bonchev–Trinajstić information content (AvgIpc) is 3.00. The zero-order valence-electron chi connectivity index (χ0n) is 21.2. The van der Waals surface area contributed by atoms with Gasteiger partial charge in [-0.2, -0.15) is 0 Å². The molecule has 0 radical (unpaired) electrons.